The van der Waals surface area contributed by atoms with Gasteiger partial charge in [0.15, 0.2) is 0 Å². The van der Waals surface area contributed by atoms with Crippen LogP contribution in [0, 0.1) is 16.7 Å². The van der Waals surface area contributed by atoms with Crippen molar-refractivity contribution >= 4 is 17.5 Å². The number of carbonyl (C=O) groups is 2. The normalized spacial score (nSPS) is 14.7. The van der Waals surface area contributed by atoms with Crippen molar-refractivity contribution < 1.29 is 9.59 Å². The van der Waals surface area contributed by atoms with Crippen LogP contribution in [0.3, 0.4) is 0 Å². The van der Waals surface area contributed by atoms with E-state index in [0.29, 0.717) is 26.1 Å². The van der Waals surface area contributed by atoms with Crippen LogP contribution < -0.4 is 11.1 Å². The Morgan fingerprint density at radius 3 is 2.41 bits per heavy atom. The molecule has 1 aromatic carbocycles. The van der Waals surface area contributed by atoms with Gasteiger partial charge in [-0.1, -0.05) is 46.8 Å². The predicted molar refractivity (Wildman–Crippen MR) is 110 cm³/mol. The standard InChI is InChI=1S/C22H35N3O2/c1-21(2,3)12-19(26)24-18-8-6-7-16(11-18)13-25(15-22(4,5)14-23)20(27)17-9-10-17/h6-8,11,17H,9-10,12-15,23H2,1-5H3,(H,24,26). The first-order chi connectivity index (χ1) is 12.5. The van der Waals surface area contributed by atoms with Gasteiger partial charge >= 0.3 is 0 Å². The third kappa shape index (κ3) is 7.33. The van der Waals surface area contributed by atoms with Crippen LogP contribution >= 0.6 is 0 Å². The van der Waals surface area contributed by atoms with Gasteiger partial charge < -0.3 is 16.0 Å². The number of rotatable bonds is 8. The fourth-order valence-electron chi connectivity index (χ4n) is 3.04. The van der Waals surface area contributed by atoms with E-state index < -0.39 is 0 Å². The number of benzene rings is 1. The monoisotopic (exact) mass is 373 g/mol. The van der Waals surface area contributed by atoms with Gasteiger partial charge in [-0.15, -0.1) is 0 Å². The second-order valence-electron chi connectivity index (χ2n) is 9.82. The van der Waals surface area contributed by atoms with Crippen LogP contribution in [0.15, 0.2) is 24.3 Å². The van der Waals surface area contributed by atoms with Crippen molar-refractivity contribution in [2.24, 2.45) is 22.5 Å². The number of nitrogens with zero attached hydrogens (tertiary/aromatic N) is 1. The Morgan fingerprint density at radius 2 is 1.85 bits per heavy atom. The SMILES string of the molecule is CC(C)(C)CC(=O)Nc1cccc(CN(CC(C)(C)CN)C(=O)C2CC2)c1. The largest absolute Gasteiger partial charge is 0.338 e. The van der Waals surface area contributed by atoms with Crippen molar-refractivity contribution in [1.29, 1.82) is 0 Å². The van der Waals surface area contributed by atoms with E-state index in [2.05, 4.69) is 19.2 Å². The molecule has 0 aromatic heterocycles. The lowest BCUT2D eigenvalue weighted by molar-refractivity contribution is -0.134. The number of carbonyl (C=O) groups excluding carboxylic acids is 2. The summed E-state index contributed by atoms with van der Waals surface area (Å²) in [5, 5.41) is 2.97. The number of nitrogens with one attached hydrogen (secondary N) is 1. The van der Waals surface area contributed by atoms with Gasteiger partial charge in [-0.2, -0.15) is 0 Å². The van der Waals surface area contributed by atoms with Crippen molar-refractivity contribution in [3.63, 3.8) is 0 Å². The Labute approximate surface area is 163 Å². The second kappa shape index (κ2) is 8.42. The highest BCUT2D eigenvalue weighted by Crippen LogP contribution is 2.33. The molecule has 1 aliphatic rings. The minimum atomic E-state index is -0.122. The summed E-state index contributed by atoms with van der Waals surface area (Å²) in [6, 6.07) is 7.78. The van der Waals surface area contributed by atoms with Crippen LogP contribution in [-0.4, -0.2) is 29.8 Å². The van der Waals surface area contributed by atoms with Crippen LogP contribution in [0.2, 0.25) is 0 Å². The Bertz CT molecular complexity index is 672. The lowest BCUT2D eigenvalue weighted by Gasteiger charge is -2.32. The minimum absolute atomic E-state index is 0.00910. The molecule has 0 radical (unpaired) electrons. The molecule has 0 atom stereocenters. The lowest BCUT2D eigenvalue weighted by Crippen LogP contribution is -2.42. The molecule has 0 bridgehead atoms. The molecule has 2 amide bonds. The fourth-order valence-corrected chi connectivity index (χ4v) is 3.04. The maximum absolute atomic E-state index is 12.7. The van der Waals surface area contributed by atoms with Crippen molar-refractivity contribution in [2.45, 2.75) is 60.4 Å². The number of anilines is 1. The molecule has 1 fully saturated rings. The zero-order valence-electron chi connectivity index (χ0n) is 17.5. The molecule has 1 aliphatic carbocycles. The van der Waals surface area contributed by atoms with E-state index in [1.165, 1.54) is 0 Å². The predicted octanol–water partition coefficient (Wildman–Crippen LogP) is 3.78. The Hall–Kier alpha value is -1.88. The van der Waals surface area contributed by atoms with Gasteiger partial charge in [0.2, 0.25) is 11.8 Å². The molecule has 5 heteroatoms. The minimum Gasteiger partial charge on any atom is -0.338 e. The second-order valence-corrected chi connectivity index (χ2v) is 9.82. The Balaban J connectivity index is 2.08. The first-order valence-corrected chi connectivity index (χ1v) is 9.87. The summed E-state index contributed by atoms with van der Waals surface area (Å²) >= 11 is 0. The molecule has 0 aliphatic heterocycles. The van der Waals surface area contributed by atoms with Gasteiger partial charge in [0.25, 0.3) is 0 Å². The molecule has 1 saturated carbocycles. The van der Waals surface area contributed by atoms with Crippen LogP contribution in [0.25, 0.3) is 0 Å². The lowest BCUT2D eigenvalue weighted by atomic mass is 9.92. The van der Waals surface area contributed by atoms with Gasteiger partial charge in [0, 0.05) is 31.1 Å². The quantitative estimate of drug-likeness (QED) is 0.728. The van der Waals surface area contributed by atoms with E-state index in [-0.39, 0.29) is 28.6 Å². The molecular formula is C22H35N3O2. The van der Waals surface area contributed by atoms with E-state index in [4.69, 9.17) is 5.73 Å². The van der Waals surface area contributed by atoms with E-state index in [0.717, 1.165) is 24.1 Å². The molecule has 5 nitrogen and oxygen atoms in total. The molecule has 0 unspecified atom stereocenters. The van der Waals surface area contributed by atoms with Crippen LogP contribution in [0.4, 0.5) is 5.69 Å². The molecule has 2 rings (SSSR count). The highest BCUT2D eigenvalue weighted by atomic mass is 16.2. The summed E-state index contributed by atoms with van der Waals surface area (Å²) in [7, 11) is 0. The summed E-state index contributed by atoms with van der Waals surface area (Å²) < 4.78 is 0. The summed E-state index contributed by atoms with van der Waals surface area (Å²) in [6.45, 7) is 12.0. The molecule has 0 spiro atoms. The fraction of sp³-hybridized carbons (Fsp3) is 0.636. The van der Waals surface area contributed by atoms with Gasteiger partial charge in [-0.25, -0.2) is 0 Å². The molecule has 150 valence electrons. The molecule has 1 aromatic rings. The smallest absolute Gasteiger partial charge is 0.226 e. The van der Waals surface area contributed by atoms with Crippen molar-refractivity contribution in [3.8, 4) is 0 Å². The first-order valence-electron chi connectivity index (χ1n) is 9.87. The zero-order chi connectivity index (χ0) is 20.2. The van der Waals surface area contributed by atoms with Crippen LogP contribution in [-0.2, 0) is 16.1 Å². The first kappa shape index (κ1) is 21.4. The molecule has 27 heavy (non-hydrogen) atoms. The number of nitrogens with two attached hydrogens (primary N) is 1. The van der Waals surface area contributed by atoms with Crippen molar-refractivity contribution in [3.05, 3.63) is 29.8 Å². The summed E-state index contributed by atoms with van der Waals surface area (Å²) in [5.41, 5.74) is 7.50. The number of amides is 2. The number of hydrogen-bond acceptors (Lipinski definition) is 3. The van der Waals surface area contributed by atoms with E-state index in [1.807, 2.05) is 49.9 Å². The van der Waals surface area contributed by atoms with Crippen molar-refractivity contribution in [2.75, 3.05) is 18.4 Å². The number of hydrogen-bond donors (Lipinski definition) is 2. The van der Waals surface area contributed by atoms with Crippen LogP contribution in [0.5, 0.6) is 0 Å². The van der Waals surface area contributed by atoms with Gasteiger partial charge in [-0.3, -0.25) is 9.59 Å². The van der Waals surface area contributed by atoms with Crippen LogP contribution in [0.1, 0.15) is 59.4 Å². The third-order valence-electron chi connectivity index (χ3n) is 4.68. The molecule has 0 saturated heterocycles. The maximum atomic E-state index is 12.7. The van der Waals surface area contributed by atoms with Gasteiger partial charge in [-0.05, 0) is 47.9 Å². The van der Waals surface area contributed by atoms with Crippen molar-refractivity contribution in [1.82, 2.24) is 4.90 Å². The maximum Gasteiger partial charge on any atom is 0.226 e. The highest BCUT2D eigenvalue weighted by molar-refractivity contribution is 5.91. The highest BCUT2D eigenvalue weighted by Gasteiger charge is 2.35. The summed E-state index contributed by atoms with van der Waals surface area (Å²) in [6.07, 6.45) is 2.44. The van der Waals surface area contributed by atoms with E-state index in [1.54, 1.807) is 0 Å². The average molecular weight is 374 g/mol. The average Bonchev–Trinajstić information content (AvgIpc) is 3.36. The third-order valence-corrected chi connectivity index (χ3v) is 4.68. The van der Waals surface area contributed by atoms with E-state index >= 15 is 0 Å². The molecular weight excluding hydrogens is 338 g/mol. The summed E-state index contributed by atoms with van der Waals surface area (Å²) in [5.74, 6) is 0.404. The zero-order valence-corrected chi connectivity index (χ0v) is 17.5. The van der Waals surface area contributed by atoms with Gasteiger partial charge in [0.1, 0.15) is 0 Å². The molecule has 3 N–H and O–H groups in total. The van der Waals surface area contributed by atoms with E-state index in [9.17, 15) is 9.59 Å². The summed E-state index contributed by atoms with van der Waals surface area (Å²) in [4.78, 5) is 26.9. The molecule has 0 heterocycles. The Morgan fingerprint density at radius 1 is 1.19 bits per heavy atom. The topological polar surface area (TPSA) is 75.4 Å². The Kier molecular flexibility index (Phi) is 6.68. The van der Waals surface area contributed by atoms with Gasteiger partial charge in [0.05, 0.1) is 0 Å².